The second-order valence-corrected chi connectivity index (χ2v) is 5.20. The minimum absolute atomic E-state index is 0.243. The van der Waals surface area contributed by atoms with Crippen LogP contribution in [0.5, 0.6) is 0 Å². The smallest absolute Gasteiger partial charge is 0.423 e. The zero-order chi connectivity index (χ0) is 13.3. The molecule has 0 fully saturated rings. The van der Waals surface area contributed by atoms with Gasteiger partial charge in [-0.3, -0.25) is 0 Å². The van der Waals surface area contributed by atoms with Crippen LogP contribution in [-0.4, -0.2) is 23.3 Å². The Balaban J connectivity index is 2.20. The normalized spacial score (nSPS) is 13.7. The van der Waals surface area contributed by atoms with E-state index in [9.17, 15) is 5.02 Å². The molecular formula is C11H14BClN2O2S. The number of halogens is 1. The minimum atomic E-state index is -0.958. The Morgan fingerprint density at radius 2 is 2.28 bits per heavy atom. The third kappa shape index (κ3) is 2.77. The van der Waals surface area contributed by atoms with Gasteiger partial charge in [0.2, 0.25) is 0 Å². The lowest BCUT2D eigenvalue weighted by Crippen LogP contribution is -2.35. The van der Waals surface area contributed by atoms with Gasteiger partial charge in [-0.05, 0) is 37.7 Å². The van der Waals surface area contributed by atoms with E-state index >= 15 is 0 Å². The molecule has 1 aliphatic rings. The highest BCUT2D eigenvalue weighted by atomic mass is 35.5. The van der Waals surface area contributed by atoms with Gasteiger partial charge in [-0.25, -0.2) is 0 Å². The Labute approximate surface area is 117 Å². The number of anilines is 1. The Bertz CT molecular complexity index is 484. The van der Waals surface area contributed by atoms with E-state index in [1.54, 1.807) is 0 Å². The molecule has 0 saturated carbocycles. The van der Waals surface area contributed by atoms with Crippen molar-refractivity contribution in [1.29, 1.82) is 0 Å². The lowest BCUT2D eigenvalue weighted by molar-refractivity contribution is 0.275. The highest BCUT2D eigenvalue weighted by Gasteiger charge is 2.31. The van der Waals surface area contributed by atoms with E-state index in [0.29, 0.717) is 27.9 Å². The summed E-state index contributed by atoms with van der Waals surface area (Å²) in [7, 11) is -0.958. The first-order valence-corrected chi connectivity index (χ1v) is 6.46. The molecule has 0 atom stereocenters. The van der Waals surface area contributed by atoms with Gasteiger partial charge in [0.1, 0.15) is 0 Å². The molecule has 1 aliphatic heterocycles. The molecule has 4 nitrogen and oxygen atoms in total. The monoisotopic (exact) mass is 284 g/mol. The van der Waals surface area contributed by atoms with Crippen LogP contribution in [0.25, 0.3) is 0 Å². The first kappa shape index (κ1) is 13.6. The molecule has 0 radical (unpaired) electrons. The molecule has 18 heavy (non-hydrogen) atoms. The molecule has 0 amide bonds. The van der Waals surface area contributed by atoms with Gasteiger partial charge in [0.15, 0.2) is 5.11 Å². The van der Waals surface area contributed by atoms with E-state index < -0.39 is 7.12 Å². The zero-order valence-electron chi connectivity index (χ0n) is 10.2. The van der Waals surface area contributed by atoms with Gasteiger partial charge in [0.25, 0.3) is 0 Å². The van der Waals surface area contributed by atoms with Crippen LogP contribution in [0, 0.1) is 0 Å². The summed E-state index contributed by atoms with van der Waals surface area (Å²) in [5, 5.41) is 16.7. The van der Waals surface area contributed by atoms with Crippen molar-refractivity contribution >= 4 is 47.2 Å². The number of benzene rings is 1. The third-order valence-electron chi connectivity index (χ3n) is 2.58. The van der Waals surface area contributed by atoms with Crippen LogP contribution in [0.4, 0.5) is 5.69 Å². The summed E-state index contributed by atoms with van der Waals surface area (Å²) in [5.74, 6) is 0. The molecule has 0 aromatic heterocycles. The first-order valence-electron chi connectivity index (χ1n) is 5.67. The Hall–Kier alpha value is -0.815. The predicted molar refractivity (Wildman–Crippen MR) is 78.3 cm³/mol. The van der Waals surface area contributed by atoms with Crippen molar-refractivity contribution in [3.8, 4) is 0 Å². The van der Waals surface area contributed by atoms with E-state index in [0.717, 1.165) is 5.56 Å². The maximum Gasteiger partial charge on any atom is 0.493 e. The second kappa shape index (κ2) is 5.44. The van der Waals surface area contributed by atoms with Crippen LogP contribution in [0.2, 0.25) is 5.02 Å². The largest absolute Gasteiger partial charge is 0.493 e. The number of rotatable bonds is 2. The molecule has 1 heterocycles. The summed E-state index contributed by atoms with van der Waals surface area (Å²) >= 11 is 11.4. The van der Waals surface area contributed by atoms with Gasteiger partial charge >= 0.3 is 7.12 Å². The van der Waals surface area contributed by atoms with Gasteiger partial charge < -0.3 is 20.3 Å². The topological polar surface area (TPSA) is 53.5 Å². The summed E-state index contributed by atoms with van der Waals surface area (Å²) in [6, 6.07) is 3.95. The van der Waals surface area contributed by atoms with Crippen molar-refractivity contribution in [3.05, 3.63) is 22.7 Å². The van der Waals surface area contributed by atoms with Crippen molar-refractivity contribution < 1.29 is 9.68 Å². The van der Waals surface area contributed by atoms with Crippen molar-refractivity contribution in [1.82, 2.24) is 5.32 Å². The number of thiocarbonyl (C=S) groups is 1. The molecule has 96 valence electrons. The molecule has 3 N–H and O–H groups in total. The highest BCUT2D eigenvalue weighted by Crippen LogP contribution is 2.25. The van der Waals surface area contributed by atoms with Crippen molar-refractivity contribution in [3.63, 3.8) is 0 Å². The average molecular weight is 285 g/mol. The number of fused-ring (bicyclic) bond motifs is 1. The van der Waals surface area contributed by atoms with E-state index in [-0.39, 0.29) is 6.04 Å². The summed E-state index contributed by atoms with van der Waals surface area (Å²) in [6.07, 6.45) is 0. The van der Waals surface area contributed by atoms with E-state index in [1.165, 1.54) is 0 Å². The molecule has 2 rings (SSSR count). The van der Waals surface area contributed by atoms with Crippen LogP contribution >= 0.6 is 23.8 Å². The van der Waals surface area contributed by atoms with Gasteiger partial charge in [0.05, 0.1) is 17.3 Å². The first-order chi connectivity index (χ1) is 8.49. The summed E-state index contributed by atoms with van der Waals surface area (Å²) < 4.78 is 5.12. The van der Waals surface area contributed by atoms with E-state index in [4.69, 9.17) is 28.5 Å². The Kier molecular flexibility index (Phi) is 4.12. The highest BCUT2D eigenvalue weighted by molar-refractivity contribution is 7.80. The van der Waals surface area contributed by atoms with Crippen molar-refractivity contribution in [2.75, 3.05) is 5.32 Å². The zero-order valence-corrected chi connectivity index (χ0v) is 11.7. The molecular weight excluding hydrogens is 270 g/mol. The average Bonchev–Trinajstić information content (AvgIpc) is 2.64. The molecule has 0 saturated heterocycles. The standard InChI is InChI=1S/C11H14BClN2O2S/c1-6(2)14-11(18)15-8-4-3-7-5-17-12(16)9(7)10(8)13/h3-4,6,16H,5H2,1-2H3,(H2,14,15,18). The second-order valence-electron chi connectivity index (χ2n) is 4.42. The quantitative estimate of drug-likeness (QED) is 0.564. The van der Waals surface area contributed by atoms with Gasteiger partial charge in [-0.2, -0.15) is 0 Å². The van der Waals surface area contributed by atoms with E-state index in [1.807, 2.05) is 26.0 Å². The molecule has 7 heteroatoms. The van der Waals surface area contributed by atoms with E-state index in [2.05, 4.69) is 10.6 Å². The summed E-state index contributed by atoms with van der Waals surface area (Å²) in [4.78, 5) is 0. The SMILES string of the molecule is CC(C)NC(=S)Nc1ccc2c(c1Cl)B(O)OC2. The molecule has 1 aromatic rings. The molecule has 0 bridgehead atoms. The van der Waals surface area contributed by atoms with Crippen molar-refractivity contribution in [2.45, 2.75) is 26.5 Å². The fourth-order valence-corrected chi connectivity index (χ4v) is 2.47. The lowest BCUT2D eigenvalue weighted by atomic mass is 9.79. The molecule has 0 aliphatic carbocycles. The van der Waals surface area contributed by atoms with Crippen LogP contribution in [0.15, 0.2) is 12.1 Å². The summed E-state index contributed by atoms with van der Waals surface area (Å²) in [6.45, 7) is 4.37. The van der Waals surface area contributed by atoms with Crippen LogP contribution in [0.3, 0.4) is 0 Å². The summed E-state index contributed by atoms with van der Waals surface area (Å²) in [5.41, 5.74) is 2.19. The van der Waals surface area contributed by atoms with Gasteiger partial charge in [-0.1, -0.05) is 17.7 Å². The van der Waals surface area contributed by atoms with Gasteiger partial charge in [-0.15, -0.1) is 0 Å². The number of nitrogens with one attached hydrogen (secondary N) is 2. The predicted octanol–water partition coefficient (Wildman–Crippen LogP) is 1.25. The number of hydrogen-bond acceptors (Lipinski definition) is 3. The lowest BCUT2D eigenvalue weighted by Gasteiger charge is -2.15. The van der Waals surface area contributed by atoms with Crippen LogP contribution < -0.4 is 16.1 Å². The fourth-order valence-electron chi connectivity index (χ4n) is 1.79. The number of hydrogen-bond donors (Lipinski definition) is 3. The minimum Gasteiger partial charge on any atom is -0.423 e. The third-order valence-corrected chi connectivity index (χ3v) is 3.21. The maximum absolute atomic E-state index is 9.68. The molecule has 0 unspecified atom stereocenters. The Morgan fingerprint density at radius 3 is 2.94 bits per heavy atom. The van der Waals surface area contributed by atoms with Crippen LogP contribution in [-0.2, 0) is 11.3 Å². The fraction of sp³-hybridized carbons (Fsp3) is 0.364. The maximum atomic E-state index is 9.68. The van der Waals surface area contributed by atoms with Crippen LogP contribution in [0.1, 0.15) is 19.4 Å². The molecule has 1 aromatic carbocycles. The van der Waals surface area contributed by atoms with Crippen molar-refractivity contribution in [2.24, 2.45) is 0 Å². The Morgan fingerprint density at radius 1 is 1.56 bits per heavy atom. The van der Waals surface area contributed by atoms with Gasteiger partial charge in [0, 0.05) is 11.5 Å². The molecule has 0 spiro atoms.